The number of aromatic nitrogens is 3. The Hall–Kier alpha value is -4.58. The maximum Gasteiger partial charge on any atom is 0.318 e. The van der Waals surface area contributed by atoms with E-state index in [-0.39, 0.29) is 12.1 Å². The summed E-state index contributed by atoms with van der Waals surface area (Å²) in [6, 6.07) is 32.4. The Labute approximate surface area is 216 Å². The third-order valence-corrected chi connectivity index (χ3v) is 7.03. The molecular formula is C31H29N5O. The second-order valence-electron chi connectivity index (χ2n) is 9.52. The van der Waals surface area contributed by atoms with E-state index in [1.165, 1.54) is 5.56 Å². The van der Waals surface area contributed by atoms with Crippen molar-refractivity contribution in [2.24, 2.45) is 0 Å². The van der Waals surface area contributed by atoms with Gasteiger partial charge in [-0.15, -0.1) is 0 Å². The summed E-state index contributed by atoms with van der Waals surface area (Å²) in [6.45, 7) is 4.99. The van der Waals surface area contributed by atoms with Crippen molar-refractivity contribution in [3.63, 3.8) is 0 Å². The fourth-order valence-corrected chi connectivity index (χ4v) is 5.12. The number of para-hydroxylation sites is 1. The van der Waals surface area contributed by atoms with E-state index in [9.17, 15) is 4.79 Å². The van der Waals surface area contributed by atoms with Crippen molar-refractivity contribution in [1.29, 1.82) is 0 Å². The number of hydrogen-bond donors (Lipinski definition) is 1. The highest BCUT2D eigenvalue weighted by Crippen LogP contribution is 2.38. The number of carbonyl (C=O) groups is 1. The van der Waals surface area contributed by atoms with Gasteiger partial charge in [0.25, 0.3) is 0 Å². The van der Waals surface area contributed by atoms with E-state index >= 15 is 0 Å². The molecule has 0 saturated heterocycles. The number of urea groups is 1. The fraction of sp³-hybridized carbons (Fsp3) is 0.161. The van der Waals surface area contributed by atoms with Gasteiger partial charge in [-0.1, -0.05) is 78.4 Å². The van der Waals surface area contributed by atoms with Gasteiger partial charge in [-0.2, -0.15) is 5.10 Å². The molecule has 0 bridgehead atoms. The molecule has 37 heavy (non-hydrogen) atoms. The van der Waals surface area contributed by atoms with Gasteiger partial charge in [0.15, 0.2) is 0 Å². The van der Waals surface area contributed by atoms with Crippen molar-refractivity contribution in [3.05, 3.63) is 137 Å². The quantitative estimate of drug-likeness (QED) is 0.333. The number of aryl methyl sites for hydroxylation is 2. The van der Waals surface area contributed by atoms with Crippen LogP contribution in [0.15, 0.2) is 103 Å². The molecule has 0 spiro atoms. The molecule has 5 aromatic rings. The average molecular weight is 488 g/mol. The molecule has 1 atom stereocenters. The molecule has 3 heterocycles. The third-order valence-electron chi connectivity index (χ3n) is 7.03. The maximum absolute atomic E-state index is 13.9. The number of benzene rings is 3. The topological polar surface area (TPSA) is 55.1 Å². The molecule has 6 rings (SSSR count). The van der Waals surface area contributed by atoms with Crippen LogP contribution < -0.4 is 5.32 Å². The molecule has 2 amide bonds. The summed E-state index contributed by atoms with van der Waals surface area (Å²) < 4.78 is 4.18. The minimum Gasteiger partial charge on any atom is -0.334 e. The first-order valence-electron chi connectivity index (χ1n) is 12.6. The SMILES string of the molecule is Cc1ccc(CNC(=O)N2Cc3c(C)nn(-c4ccccc4)c3-n3cccc3[C@@H]2c2ccccc2)cc1. The molecule has 2 aromatic heterocycles. The molecule has 0 unspecified atom stereocenters. The monoisotopic (exact) mass is 487 g/mol. The Kier molecular flexibility index (Phi) is 5.85. The highest BCUT2D eigenvalue weighted by Gasteiger charge is 2.35. The normalized spacial score (nSPS) is 14.5. The molecule has 0 fully saturated rings. The van der Waals surface area contributed by atoms with Crippen LogP contribution in [0.5, 0.6) is 0 Å². The van der Waals surface area contributed by atoms with Crippen molar-refractivity contribution < 1.29 is 4.79 Å². The summed E-state index contributed by atoms with van der Waals surface area (Å²) in [5.41, 5.74) is 7.28. The minimum absolute atomic E-state index is 0.109. The van der Waals surface area contributed by atoms with Crippen LogP contribution in [0.2, 0.25) is 0 Å². The standard InChI is InChI=1S/C31H29N5O/c1-22-15-17-24(18-16-22)20-32-31(37)35-21-27-23(2)33-36(26-12-7-4-8-13-26)30(27)34-19-9-14-28(34)29(35)25-10-5-3-6-11-25/h3-19,29H,20-21H2,1-2H3,(H,32,37)/t29-/m0/s1. The zero-order chi connectivity index (χ0) is 25.4. The van der Waals surface area contributed by atoms with Crippen LogP contribution in [-0.4, -0.2) is 25.3 Å². The zero-order valence-corrected chi connectivity index (χ0v) is 21.0. The molecule has 184 valence electrons. The van der Waals surface area contributed by atoms with Gasteiger partial charge in [0.05, 0.1) is 29.7 Å². The van der Waals surface area contributed by atoms with Crippen LogP contribution in [0.3, 0.4) is 0 Å². The van der Waals surface area contributed by atoms with E-state index in [0.29, 0.717) is 13.1 Å². The van der Waals surface area contributed by atoms with Gasteiger partial charge < -0.3 is 14.8 Å². The second kappa shape index (κ2) is 9.47. The highest BCUT2D eigenvalue weighted by atomic mass is 16.2. The molecule has 0 saturated carbocycles. The molecule has 0 radical (unpaired) electrons. The molecule has 1 aliphatic heterocycles. The number of carbonyl (C=O) groups excluding carboxylic acids is 1. The van der Waals surface area contributed by atoms with Gasteiger partial charge in [-0.3, -0.25) is 0 Å². The number of nitrogens with one attached hydrogen (secondary N) is 1. The Balaban J connectivity index is 1.46. The number of nitrogens with zero attached hydrogens (tertiary/aromatic N) is 4. The summed E-state index contributed by atoms with van der Waals surface area (Å²) in [4.78, 5) is 15.8. The van der Waals surface area contributed by atoms with E-state index in [1.54, 1.807) is 0 Å². The van der Waals surface area contributed by atoms with E-state index in [4.69, 9.17) is 5.10 Å². The van der Waals surface area contributed by atoms with Crippen LogP contribution in [0, 0.1) is 13.8 Å². The van der Waals surface area contributed by atoms with Crippen LogP contribution in [0.4, 0.5) is 4.79 Å². The lowest BCUT2D eigenvalue weighted by atomic mass is 10.0. The van der Waals surface area contributed by atoms with Gasteiger partial charge >= 0.3 is 6.03 Å². The maximum atomic E-state index is 13.9. The lowest BCUT2D eigenvalue weighted by Gasteiger charge is -2.31. The number of rotatable bonds is 4. The Morgan fingerprint density at radius 1 is 0.892 bits per heavy atom. The smallest absolute Gasteiger partial charge is 0.318 e. The number of hydrogen-bond acceptors (Lipinski definition) is 2. The predicted molar refractivity (Wildman–Crippen MR) is 145 cm³/mol. The number of fused-ring (bicyclic) bond motifs is 3. The van der Waals surface area contributed by atoms with Crippen LogP contribution in [-0.2, 0) is 13.1 Å². The summed E-state index contributed by atoms with van der Waals surface area (Å²) in [5.74, 6) is 0.971. The van der Waals surface area contributed by atoms with Crippen molar-refractivity contribution in [2.45, 2.75) is 33.0 Å². The van der Waals surface area contributed by atoms with Crippen LogP contribution in [0.1, 0.15) is 39.7 Å². The predicted octanol–water partition coefficient (Wildman–Crippen LogP) is 6.09. The number of amides is 2. The molecule has 0 aliphatic carbocycles. The van der Waals surface area contributed by atoms with E-state index in [0.717, 1.165) is 39.6 Å². The Morgan fingerprint density at radius 3 is 2.32 bits per heavy atom. The van der Waals surface area contributed by atoms with Crippen molar-refractivity contribution in [3.8, 4) is 11.5 Å². The molecule has 6 nitrogen and oxygen atoms in total. The lowest BCUT2D eigenvalue weighted by molar-refractivity contribution is 0.180. The Bertz CT molecular complexity index is 1530. The fourth-order valence-electron chi connectivity index (χ4n) is 5.12. The van der Waals surface area contributed by atoms with Crippen LogP contribution >= 0.6 is 0 Å². The van der Waals surface area contributed by atoms with Crippen LogP contribution in [0.25, 0.3) is 11.5 Å². The third kappa shape index (κ3) is 4.20. The second-order valence-corrected chi connectivity index (χ2v) is 9.52. The average Bonchev–Trinajstić information content (AvgIpc) is 3.49. The summed E-state index contributed by atoms with van der Waals surface area (Å²) in [6.07, 6.45) is 2.07. The van der Waals surface area contributed by atoms with Crippen molar-refractivity contribution in [2.75, 3.05) is 0 Å². The molecule has 3 aromatic carbocycles. The van der Waals surface area contributed by atoms with Gasteiger partial charge in [-0.05, 0) is 49.2 Å². The first-order chi connectivity index (χ1) is 18.1. The van der Waals surface area contributed by atoms with E-state index in [1.807, 2.05) is 59.0 Å². The summed E-state index contributed by atoms with van der Waals surface area (Å²) in [5, 5.41) is 8.09. The van der Waals surface area contributed by atoms with Crippen molar-refractivity contribution >= 4 is 6.03 Å². The first-order valence-corrected chi connectivity index (χ1v) is 12.6. The molecular weight excluding hydrogens is 458 g/mol. The minimum atomic E-state index is -0.259. The van der Waals surface area contributed by atoms with Gasteiger partial charge in [0, 0.05) is 18.3 Å². The lowest BCUT2D eigenvalue weighted by Crippen LogP contribution is -2.41. The first kappa shape index (κ1) is 22.9. The van der Waals surface area contributed by atoms with E-state index in [2.05, 4.69) is 77.6 Å². The van der Waals surface area contributed by atoms with Crippen molar-refractivity contribution in [1.82, 2.24) is 24.6 Å². The van der Waals surface area contributed by atoms with E-state index < -0.39 is 0 Å². The summed E-state index contributed by atoms with van der Waals surface area (Å²) in [7, 11) is 0. The van der Waals surface area contributed by atoms with Gasteiger partial charge in [0.1, 0.15) is 5.82 Å². The zero-order valence-electron chi connectivity index (χ0n) is 21.0. The molecule has 1 aliphatic rings. The summed E-state index contributed by atoms with van der Waals surface area (Å²) >= 11 is 0. The largest absolute Gasteiger partial charge is 0.334 e. The van der Waals surface area contributed by atoms with Gasteiger partial charge in [0.2, 0.25) is 0 Å². The van der Waals surface area contributed by atoms with Gasteiger partial charge in [-0.25, -0.2) is 9.48 Å². The Morgan fingerprint density at radius 2 is 1.59 bits per heavy atom. The molecule has 1 N–H and O–H groups in total. The molecule has 6 heteroatoms. The highest BCUT2D eigenvalue weighted by molar-refractivity contribution is 5.76.